The average molecular weight is 161 g/mol. The molecule has 1 unspecified atom stereocenters. The first-order valence-corrected chi connectivity index (χ1v) is 3.74. The van der Waals surface area contributed by atoms with E-state index in [0.29, 0.717) is 6.61 Å². The van der Waals surface area contributed by atoms with Gasteiger partial charge in [-0.1, -0.05) is 0 Å². The molecule has 0 amide bonds. The molecule has 66 valence electrons. The van der Waals surface area contributed by atoms with Crippen LogP contribution in [0.3, 0.4) is 0 Å². The van der Waals surface area contributed by atoms with Crippen LogP contribution >= 0.6 is 0 Å². The maximum Gasteiger partial charge on any atom is 0.112 e. The summed E-state index contributed by atoms with van der Waals surface area (Å²) < 4.78 is 5.33. The van der Waals surface area contributed by atoms with Crippen molar-refractivity contribution in [2.24, 2.45) is 0 Å². The Hall–Kier alpha value is -0.160. The standard InChI is InChI=1S/C7H15NO3/c1-9-7(6-11-10-2)3-4-8-5-7/h8H,3-6H2,1-2H3. The number of nitrogens with one attached hydrogen (secondary N) is 1. The van der Waals surface area contributed by atoms with Gasteiger partial charge >= 0.3 is 0 Å². The third-order valence-corrected chi connectivity index (χ3v) is 2.08. The summed E-state index contributed by atoms with van der Waals surface area (Å²) in [4.78, 5) is 9.37. The molecule has 11 heavy (non-hydrogen) atoms. The van der Waals surface area contributed by atoms with E-state index >= 15 is 0 Å². The Morgan fingerprint density at radius 2 is 2.27 bits per heavy atom. The maximum absolute atomic E-state index is 5.33. The van der Waals surface area contributed by atoms with Gasteiger partial charge in [0.05, 0.1) is 7.11 Å². The number of rotatable bonds is 4. The van der Waals surface area contributed by atoms with E-state index in [2.05, 4.69) is 10.2 Å². The highest BCUT2D eigenvalue weighted by atomic mass is 17.2. The first-order valence-electron chi connectivity index (χ1n) is 3.74. The molecule has 0 aliphatic carbocycles. The lowest BCUT2D eigenvalue weighted by Gasteiger charge is -2.24. The van der Waals surface area contributed by atoms with Crippen molar-refractivity contribution in [3.8, 4) is 0 Å². The van der Waals surface area contributed by atoms with Crippen molar-refractivity contribution in [2.75, 3.05) is 33.9 Å². The summed E-state index contributed by atoms with van der Waals surface area (Å²) in [6, 6.07) is 0. The van der Waals surface area contributed by atoms with Gasteiger partial charge in [-0.05, 0) is 13.0 Å². The van der Waals surface area contributed by atoms with Crippen molar-refractivity contribution in [1.29, 1.82) is 0 Å². The molecule has 1 N–H and O–H groups in total. The molecule has 0 spiro atoms. The first kappa shape index (κ1) is 8.93. The van der Waals surface area contributed by atoms with Crippen LogP contribution in [0.4, 0.5) is 0 Å². The third kappa shape index (κ3) is 2.13. The number of ether oxygens (including phenoxy) is 1. The van der Waals surface area contributed by atoms with E-state index in [-0.39, 0.29) is 5.60 Å². The van der Waals surface area contributed by atoms with Gasteiger partial charge in [0.1, 0.15) is 12.2 Å². The van der Waals surface area contributed by atoms with E-state index in [1.54, 1.807) is 7.11 Å². The largest absolute Gasteiger partial charge is 0.374 e. The summed E-state index contributed by atoms with van der Waals surface area (Å²) in [5, 5.41) is 3.21. The molecule has 0 radical (unpaired) electrons. The molecule has 0 saturated carbocycles. The van der Waals surface area contributed by atoms with Gasteiger partial charge in [0.2, 0.25) is 0 Å². The van der Waals surface area contributed by atoms with Crippen LogP contribution in [-0.2, 0) is 14.5 Å². The van der Waals surface area contributed by atoms with Gasteiger partial charge in [-0.25, -0.2) is 9.78 Å². The van der Waals surface area contributed by atoms with Gasteiger partial charge in [0.15, 0.2) is 0 Å². The highest BCUT2D eigenvalue weighted by molar-refractivity contribution is 4.88. The van der Waals surface area contributed by atoms with Crippen LogP contribution in [0.25, 0.3) is 0 Å². The van der Waals surface area contributed by atoms with Crippen molar-refractivity contribution in [3.05, 3.63) is 0 Å². The fourth-order valence-corrected chi connectivity index (χ4v) is 1.24. The van der Waals surface area contributed by atoms with Gasteiger partial charge in [-0.15, -0.1) is 0 Å². The molecule has 1 aliphatic rings. The lowest BCUT2D eigenvalue weighted by molar-refractivity contribution is -0.297. The smallest absolute Gasteiger partial charge is 0.112 e. The van der Waals surface area contributed by atoms with Crippen LogP contribution in [0, 0.1) is 0 Å². The van der Waals surface area contributed by atoms with E-state index in [1.807, 2.05) is 0 Å². The molecule has 0 bridgehead atoms. The molecule has 0 aromatic carbocycles. The maximum atomic E-state index is 5.33. The quantitative estimate of drug-likeness (QED) is 0.463. The minimum absolute atomic E-state index is 0.171. The Morgan fingerprint density at radius 3 is 2.73 bits per heavy atom. The van der Waals surface area contributed by atoms with Crippen molar-refractivity contribution in [3.63, 3.8) is 0 Å². The zero-order valence-corrected chi connectivity index (χ0v) is 7.05. The summed E-state index contributed by atoms with van der Waals surface area (Å²) in [6.45, 7) is 2.32. The third-order valence-electron chi connectivity index (χ3n) is 2.08. The van der Waals surface area contributed by atoms with E-state index in [0.717, 1.165) is 19.5 Å². The number of hydrogen-bond acceptors (Lipinski definition) is 4. The molecule has 1 heterocycles. The minimum atomic E-state index is -0.171. The van der Waals surface area contributed by atoms with Gasteiger partial charge in [0.25, 0.3) is 0 Å². The molecule has 1 atom stereocenters. The zero-order valence-electron chi connectivity index (χ0n) is 7.05. The molecule has 4 heteroatoms. The second-order valence-electron chi connectivity index (χ2n) is 2.74. The molecule has 0 aromatic rings. The van der Waals surface area contributed by atoms with E-state index in [4.69, 9.17) is 9.62 Å². The van der Waals surface area contributed by atoms with Crippen LogP contribution in [-0.4, -0.2) is 39.5 Å². The zero-order chi connectivity index (χ0) is 8.16. The van der Waals surface area contributed by atoms with Crippen LogP contribution in [0.1, 0.15) is 6.42 Å². The number of methoxy groups -OCH3 is 1. The summed E-state index contributed by atoms with van der Waals surface area (Å²) in [5.41, 5.74) is -0.171. The summed E-state index contributed by atoms with van der Waals surface area (Å²) in [5.74, 6) is 0. The Morgan fingerprint density at radius 1 is 1.45 bits per heavy atom. The lowest BCUT2D eigenvalue weighted by Crippen LogP contribution is -2.38. The predicted octanol–water partition coefficient (Wildman–Crippen LogP) is -0.0571. The number of hydrogen-bond donors (Lipinski definition) is 1. The van der Waals surface area contributed by atoms with Crippen LogP contribution in [0.2, 0.25) is 0 Å². The summed E-state index contributed by atoms with van der Waals surface area (Å²) in [6.07, 6.45) is 0.979. The monoisotopic (exact) mass is 161 g/mol. The molecule has 1 aliphatic heterocycles. The highest BCUT2D eigenvalue weighted by Crippen LogP contribution is 2.18. The SMILES string of the molecule is COOCC1(OC)CCNC1. The van der Waals surface area contributed by atoms with Crippen LogP contribution < -0.4 is 5.32 Å². The average Bonchev–Trinajstić information content (AvgIpc) is 2.50. The Balaban J connectivity index is 2.33. The fraction of sp³-hybridized carbons (Fsp3) is 1.00. The second-order valence-corrected chi connectivity index (χ2v) is 2.74. The molecular weight excluding hydrogens is 146 g/mol. The second kappa shape index (κ2) is 4.01. The Kier molecular flexibility index (Phi) is 3.26. The molecule has 1 saturated heterocycles. The molecule has 1 rings (SSSR count). The fourth-order valence-electron chi connectivity index (χ4n) is 1.24. The van der Waals surface area contributed by atoms with Crippen molar-refractivity contribution < 1.29 is 14.5 Å². The summed E-state index contributed by atoms with van der Waals surface area (Å²) in [7, 11) is 3.21. The summed E-state index contributed by atoms with van der Waals surface area (Å²) >= 11 is 0. The molecule has 0 aromatic heterocycles. The van der Waals surface area contributed by atoms with E-state index < -0.39 is 0 Å². The van der Waals surface area contributed by atoms with Crippen LogP contribution in [0.5, 0.6) is 0 Å². The topological polar surface area (TPSA) is 39.7 Å². The lowest BCUT2D eigenvalue weighted by atomic mass is 10.1. The molecule has 4 nitrogen and oxygen atoms in total. The van der Waals surface area contributed by atoms with Crippen molar-refractivity contribution >= 4 is 0 Å². The predicted molar refractivity (Wildman–Crippen MR) is 40.2 cm³/mol. The highest BCUT2D eigenvalue weighted by Gasteiger charge is 2.34. The van der Waals surface area contributed by atoms with E-state index in [1.165, 1.54) is 7.11 Å². The van der Waals surface area contributed by atoms with Crippen molar-refractivity contribution in [1.82, 2.24) is 5.32 Å². The van der Waals surface area contributed by atoms with Crippen LogP contribution in [0.15, 0.2) is 0 Å². The van der Waals surface area contributed by atoms with E-state index in [9.17, 15) is 0 Å². The Bertz CT molecular complexity index is 112. The first-order chi connectivity index (χ1) is 5.33. The van der Waals surface area contributed by atoms with Gasteiger partial charge < -0.3 is 10.1 Å². The van der Waals surface area contributed by atoms with Crippen molar-refractivity contribution in [2.45, 2.75) is 12.0 Å². The van der Waals surface area contributed by atoms with Gasteiger partial charge in [0, 0.05) is 13.7 Å². The molecular formula is C7H15NO3. The Labute approximate surface area is 66.7 Å². The van der Waals surface area contributed by atoms with Gasteiger partial charge in [-0.2, -0.15) is 0 Å². The molecule has 1 fully saturated rings. The normalized spacial score (nSPS) is 31.1. The van der Waals surface area contributed by atoms with Gasteiger partial charge in [-0.3, -0.25) is 0 Å². The minimum Gasteiger partial charge on any atom is -0.374 e.